The van der Waals surface area contributed by atoms with Crippen LogP contribution in [-0.4, -0.2) is 12.5 Å². The molecule has 27 heavy (non-hydrogen) atoms. The molecule has 0 aliphatic rings. The molecular formula is C24H25NOS. The Morgan fingerprint density at radius 1 is 0.926 bits per heavy atom. The van der Waals surface area contributed by atoms with Gasteiger partial charge in [0.2, 0.25) is 5.91 Å². The summed E-state index contributed by atoms with van der Waals surface area (Å²) in [5, 5.41) is -0.277. The summed E-state index contributed by atoms with van der Waals surface area (Å²) in [6.45, 7) is 4.88. The zero-order chi connectivity index (χ0) is 19.1. The second kappa shape index (κ2) is 9.43. The van der Waals surface area contributed by atoms with Gasteiger partial charge in [0, 0.05) is 17.1 Å². The molecule has 0 saturated heterocycles. The number of anilines is 1. The van der Waals surface area contributed by atoms with Gasteiger partial charge in [-0.25, -0.2) is 0 Å². The summed E-state index contributed by atoms with van der Waals surface area (Å²) in [5.41, 5.74) is 3.16. The van der Waals surface area contributed by atoms with Gasteiger partial charge in [-0.2, -0.15) is 0 Å². The van der Waals surface area contributed by atoms with E-state index >= 15 is 0 Å². The van der Waals surface area contributed by atoms with E-state index in [0.717, 1.165) is 28.1 Å². The van der Waals surface area contributed by atoms with Gasteiger partial charge < -0.3 is 4.90 Å². The number of carbonyl (C=O) groups is 1. The van der Waals surface area contributed by atoms with Crippen molar-refractivity contribution in [2.24, 2.45) is 0 Å². The van der Waals surface area contributed by atoms with Crippen molar-refractivity contribution in [3.05, 3.63) is 96.1 Å². The first-order valence-electron chi connectivity index (χ1n) is 9.33. The molecule has 0 N–H and O–H groups in total. The number of hydrogen-bond donors (Lipinski definition) is 0. The highest BCUT2D eigenvalue weighted by atomic mass is 32.2. The third kappa shape index (κ3) is 5.01. The molecule has 138 valence electrons. The monoisotopic (exact) mass is 375 g/mol. The Kier molecular flexibility index (Phi) is 6.72. The van der Waals surface area contributed by atoms with Gasteiger partial charge in [-0.1, -0.05) is 67.6 Å². The zero-order valence-electron chi connectivity index (χ0n) is 15.8. The number of rotatable bonds is 7. The standard InChI is InChI=1S/C24H25NOS/c1-3-17-25(21-14-10-11-19(2)18-21)24(26)23(20-12-6-4-7-13-20)27-22-15-8-5-9-16-22/h4-16,18,23H,3,17H2,1-2H3. The van der Waals surface area contributed by atoms with Gasteiger partial charge in [-0.05, 0) is 48.7 Å². The summed E-state index contributed by atoms with van der Waals surface area (Å²) in [4.78, 5) is 16.7. The van der Waals surface area contributed by atoms with Crippen molar-refractivity contribution >= 4 is 23.4 Å². The van der Waals surface area contributed by atoms with Crippen molar-refractivity contribution < 1.29 is 4.79 Å². The van der Waals surface area contributed by atoms with Crippen LogP contribution in [0.4, 0.5) is 5.69 Å². The van der Waals surface area contributed by atoms with Crippen LogP contribution in [0.2, 0.25) is 0 Å². The molecule has 0 aliphatic carbocycles. The van der Waals surface area contributed by atoms with Crippen LogP contribution in [0, 0.1) is 6.92 Å². The number of thioether (sulfide) groups is 1. The Balaban J connectivity index is 1.97. The minimum absolute atomic E-state index is 0.127. The first-order chi connectivity index (χ1) is 13.2. The molecule has 0 radical (unpaired) electrons. The fourth-order valence-corrected chi connectivity index (χ4v) is 4.16. The molecule has 1 unspecified atom stereocenters. The number of carbonyl (C=O) groups excluding carboxylic acids is 1. The number of hydrogen-bond acceptors (Lipinski definition) is 2. The number of nitrogens with zero attached hydrogens (tertiary/aromatic N) is 1. The number of amides is 1. The first kappa shape index (κ1) is 19.2. The van der Waals surface area contributed by atoms with Crippen LogP contribution >= 0.6 is 11.8 Å². The minimum atomic E-state index is -0.277. The highest BCUT2D eigenvalue weighted by Crippen LogP contribution is 2.37. The zero-order valence-corrected chi connectivity index (χ0v) is 16.7. The van der Waals surface area contributed by atoms with Gasteiger partial charge in [0.15, 0.2) is 0 Å². The SMILES string of the molecule is CCCN(C(=O)C(Sc1ccccc1)c1ccccc1)c1cccc(C)c1. The summed E-state index contributed by atoms with van der Waals surface area (Å²) in [6, 6.07) is 28.4. The fraction of sp³-hybridized carbons (Fsp3) is 0.208. The smallest absolute Gasteiger partial charge is 0.244 e. The summed E-state index contributed by atoms with van der Waals surface area (Å²) in [5.74, 6) is 0.127. The van der Waals surface area contributed by atoms with E-state index in [4.69, 9.17) is 0 Å². The molecule has 1 atom stereocenters. The Labute approximate surface area is 166 Å². The van der Waals surface area contributed by atoms with E-state index in [2.05, 4.69) is 38.1 Å². The van der Waals surface area contributed by atoms with Crippen molar-refractivity contribution in [2.75, 3.05) is 11.4 Å². The van der Waals surface area contributed by atoms with Crippen LogP contribution in [-0.2, 0) is 4.79 Å². The molecule has 0 saturated carbocycles. The van der Waals surface area contributed by atoms with Gasteiger partial charge in [-0.3, -0.25) is 4.79 Å². The van der Waals surface area contributed by atoms with E-state index in [-0.39, 0.29) is 11.2 Å². The molecule has 3 aromatic carbocycles. The summed E-state index contributed by atoms with van der Waals surface area (Å²) >= 11 is 1.61. The Hall–Kier alpha value is -2.52. The molecule has 0 spiro atoms. The van der Waals surface area contributed by atoms with Crippen molar-refractivity contribution in [2.45, 2.75) is 30.4 Å². The molecule has 0 aromatic heterocycles. The van der Waals surface area contributed by atoms with Gasteiger partial charge in [-0.15, -0.1) is 11.8 Å². The highest BCUT2D eigenvalue weighted by Gasteiger charge is 2.27. The lowest BCUT2D eigenvalue weighted by Gasteiger charge is -2.27. The molecule has 0 aliphatic heterocycles. The maximum absolute atomic E-state index is 13.7. The van der Waals surface area contributed by atoms with Crippen LogP contribution in [0.15, 0.2) is 89.8 Å². The molecule has 1 amide bonds. The molecule has 0 fully saturated rings. The summed E-state index contributed by atoms with van der Waals surface area (Å²) < 4.78 is 0. The second-order valence-electron chi connectivity index (χ2n) is 6.55. The quantitative estimate of drug-likeness (QED) is 0.454. The first-order valence-corrected chi connectivity index (χ1v) is 10.2. The summed E-state index contributed by atoms with van der Waals surface area (Å²) in [7, 11) is 0. The lowest BCUT2D eigenvalue weighted by atomic mass is 10.1. The number of aryl methyl sites for hydroxylation is 1. The van der Waals surface area contributed by atoms with E-state index < -0.39 is 0 Å². The fourth-order valence-electron chi connectivity index (χ4n) is 3.05. The molecule has 3 aromatic rings. The van der Waals surface area contributed by atoms with Crippen LogP contribution in [0.3, 0.4) is 0 Å². The minimum Gasteiger partial charge on any atom is -0.311 e. The third-order valence-electron chi connectivity index (χ3n) is 4.35. The summed E-state index contributed by atoms with van der Waals surface area (Å²) in [6.07, 6.45) is 0.914. The van der Waals surface area contributed by atoms with E-state index in [9.17, 15) is 4.79 Å². The average Bonchev–Trinajstić information content (AvgIpc) is 2.71. The molecule has 3 rings (SSSR count). The maximum atomic E-state index is 13.7. The molecule has 3 heteroatoms. The van der Waals surface area contributed by atoms with Gasteiger partial charge >= 0.3 is 0 Å². The van der Waals surface area contributed by atoms with Crippen LogP contribution < -0.4 is 4.90 Å². The van der Waals surface area contributed by atoms with Gasteiger partial charge in [0.25, 0.3) is 0 Å². The lowest BCUT2D eigenvalue weighted by Crippen LogP contribution is -2.35. The van der Waals surface area contributed by atoms with Crippen LogP contribution in [0.5, 0.6) is 0 Å². The molecule has 2 nitrogen and oxygen atoms in total. The normalized spacial score (nSPS) is 11.8. The predicted octanol–water partition coefficient (Wildman–Crippen LogP) is 6.27. The van der Waals surface area contributed by atoms with Crippen molar-refractivity contribution in [3.8, 4) is 0 Å². The topological polar surface area (TPSA) is 20.3 Å². The Morgan fingerprint density at radius 2 is 1.59 bits per heavy atom. The molecule has 0 heterocycles. The number of benzene rings is 3. The van der Waals surface area contributed by atoms with Crippen molar-refractivity contribution in [1.82, 2.24) is 0 Å². The molecular weight excluding hydrogens is 350 g/mol. The second-order valence-corrected chi connectivity index (χ2v) is 7.73. The Morgan fingerprint density at radius 3 is 2.22 bits per heavy atom. The van der Waals surface area contributed by atoms with Crippen LogP contribution in [0.1, 0.15) is 29.7 Å². The Bertz CT molecular complexity index is 864. The van der Waals surface area contributed by atoms with E-state index in [1.165, 1.54) is 0 Å². The van der Waals surface area contributed by atoms with Crippen LogP contribution in [0.25, 0.3) is 0 Å². The van der Waals surface area contributed by atoms with E-state index in [1.807, 2.05) is 65.6 Å². The van der Waals surface area contributed by atoms with Crippen molar-refractivity contribution in [1.29, 1.82) is 0 Å². The highest BCUT2D eigenvalue weighted by molar-refractivity contribution is 8.00. The predicted molar refractivity (Wildman–Crippen MR) is 115 cm³/mol. The van der Waals surface area contributed by atoms with Gasteiger partial charge in [0.1, 0.15) is 5.25 Å². The average molecular weight is 376 g/mol. The third-order valence-corrected chi connectivity index (χ3v) is 5.60. The van der Waals surface area contributed by atoms with Gasteiger partial charge in [0.05, 0.1) is 0 Å². The largest absolute Gasteiger partial charge is 0.311 e. The molecule has 0 bridgehead atoms. The van der Waals surface area contributed by atoms with Crippen molar-refractivity contribution in [3.63, 3.8) is 0 Å². The lowest BCUT2D eigenvalue weighted by molar-refractivity contribution is -0.118. The van der Waals surface area contributed by atoms with E-state index in [0.29, 0.717) is 6.54 Å². The maximum Gasteiger partial charge on any atom is 0.244 e. The van der Waals surface area contributed by atoms with E-state index in [1.54, 1.807) is 11.8 Å².